The number of benzene rings is 1. The van der Waals surface area contributed by atoms with Crippen LogP contribution < -0.4 is 5.69 Å². The number of fused-ring (bicyclic) bond motifs is 1. The van der Waals surface area contributed by atoms with Crippen LogP contribution in [0.1, 0.15) is 74.5 Å². The van der Waals surface area contributed by atoms with E-state index in [1.165, 1.54) is 0 Å². The highest BCUT2D eigenvalue weighted by molar-refractivity contribution is 5.91. The predicted octanol–water partition coefficient (Wildman–Crippen LogP) is 5.03. The van der Waals surface area contributed by atoms with Gasteiger partial charge in [0.15, 0.2) is 5.76 Å². The fourth-order valence-electron chi connectivity index (χ4n) is 5.65. The molecule has 4 aromatic rings. The van der Waals surface area contributed by atoms with Crippen molar-refractivity contribution in [2.24, 2.45) is 5.92 Å². The summed E-state index contributed by atoms with van der Waals surface area (Å²) in [5.74, 6) is 1.38. The van der Waals surface area contributed by atoms with Crippen LogP contribution in [0, 0.1) is 5.92 Å². The number of likely N-dealkylation sites (tertiary alicyclic amines) is 1. The van der Waals surface area contributed by atoms with E-state index in [0.29, 0.717) is 62.9 Å². The molecular formula is C31H39N5O4. The van der Waals surface area contributed by atoms with Crippen molar-refractivity contribution in [2.45, 2.75) is 65.6 Å². The van der Waals surface area contributed by atoms with E-state index in [9.17, 15) is 14.4 Å². The minimum Gasteiger partial charge on any atom is -0.454 e. The molecule has 3 aromatic heterocycles. The Morgan fingerprint density at radius 2 is 1.85 bits per heavy atom. The number of aromatic amines is 1. The van der Waals surface area contributed by atoms with Gasteiger partial charge in [0.2, 0.25) is 5.91 Å². The number of imidazole rings is 1. The van der Waals surface area contributed by atoms with E-state index in [-0.39, 0.29) is 23.5 Å². The van der Waals surface area contributed by atoms with Crippen LogP contribution in [0.25, 0.3) is 11.0 Å². The number of carbonyl (C=O) groups excluding carboxylic acids is 2. The minimum atomic E-state index is -0.128. The van der Waals surface area contributed by atoms with Crippen molar-refractivity contribution in [2.75, 3.05) is 19.6 Å². The monoisotopic (exact) mass is 545 g/mol. The second-order valence-corrected chi connectivity index (χ2v) is 11.1. The van der Waals surface area contributed by atoms with E-state index < -0.39 is 0 Å². The Kier molecular flexibility index (Phi) is 8.28. The maximum atomic E-state index is 13.2. The largest absolute Gasteiger partial charge is 0.454 e. The second-order valence-electron chi connectivity index (χ2n) is 11.1. The zero-order valence-electron chi connectivity index (χ0n) is 23.6. The average Bonchev–Trinajstić information content (AvgIpc) is 3.66. The lowest BCUT2D eigenvalue weighted by Gasteiger charge is -2.32. The van der Waals surface area contributed by atoms with Crippen LogP contribution in [-0.2, 0) is 17.9 Å². The highest BCUT2D eigenvalue weighted by Gasteiger charge is 2.28. The molecule has 4 heterocycles. The van der Waals surface area contributed by atoms with E-state index in [1.807, 2.05) is 63.0 Å². The second kappa shape index (κ2) is 12.0. The van der Waals surface area contributed by atoms with Gasteiger partial charge in [0.05, 0.1) is 24.1 Å². The smallest absolute Gasteiger partial charge is 0.326 e. The van der Waals surface area contributed by atoms with Crippen LogP contribution in [0.15, 0.2) is 63.9 Å². The SMILES string of the molecule is CCCN(Cc1cccn1Cc1ccc(C(=O)N2CCC(n3c(=O)[nH]c4ccccc43)CC2)o1)C(=O)CC(C)C. The van der Waals surface area contributed by atoms with E-state index in [4.69, 9.17) is 4.42 Å². The van der Waals surface area contributed by atoms with E-state index in [1.54, 1.807) is 6.07 Å². The molecule has 0 atom stereocenters. The van der Waals surface area contributed by atoms with E-state index in [2.05, 4.69) is 30.3 Å². The number of nitrogens with one attached hydrogen (secondary N) is 1. The van der Waals surface area contributed by atoms with Gasteiger partial charge >= 0.3 is 5.69 Å². The molecule has 40 heavy (non-hydrogen) atoms. The number of amides is 2. The standard InChI is InChI=1S/C31H39N5O4/c1-4-15-35(29(37)19-22(2)3)20-24-8-7-16-34(24)21-25-11-12-28(40-25)30(38)33-17-13-23(14-18-33)36-27-10-6-5-9-26(27)32-31(36)39/h5-12,16,22-23H,4,13-15,17-21H2,1-3H3,(H,32,39). The number of para-hydroxylation sites is 2. The third-order valence-corrected chi connectivity index (χ3v) is 7.64. The molecule has 0 saturated carbocycles. The topological polar surface area (TPSA) is 96.5 Å². The normalized spacial score (nSPS) is 14.3. The Morgan fingerprint density at radius 3 is 2.60 bits per heavy atom. The number of piperidine rings is 1. The molecule has 1 fully saturated rings. The van der Waals surface area contributed by atoms with Crippen LogP contribution in [0.3, 0.4) is 0 Å². The number of nitrogens with zero attached hydrogens (tertiary/aromatic N) is 4. The van der Waals surface area contributed by atoms with Crippen LogP contribution >= 0.6 is 0 Å². The third-order valence-electron chi connectivity index (χ3n) is 7.64. The molecule has 5 rings (SSSR count). The summed E-state index contributed by atoms with van der Waals surface area (Å²) < 4.78 is 9.90. The van der Waals surface area contributed by atoms with Gasteiger partial charge in [0.1, 0.15) is 5.76 Å². The number of H-pyrrole nitrogens is 1. The Bertz CT molecular complexity index is 1520. The van der Waals surface area contributed by atoms with Crippen molar-refractivity contribution in [1.29, 1.82) is 0 Å². The first-order valence-corrected chi connectivity index (χ1v) is 14.3. The van der Waals surface area contributed by atoms with E-state index >= 15 is 0 Å². The quantitative estimate of drug-likeness (QED) is 0.302. The molecule has 9 heteroatoms. The molecule has 1 aliphatic rings. The first-order chi connectivity index (χ1) is 19.3. The molecular weight excluding hydrogens is 506 g/mol. The van der Waals surface area contributed by atoms with Crippen LogP contribution in [0.2, 0.25) is 0 Å². The van der Waals surface area contributed by atoms with Crippen molar-refractivity contribution >= 4 is 22.8 Å². The summed E-state index contributed by atoms with van der Waals surface area (Å²) in [5, 5.41) is 0. The van der Waals surface area contributed by atoms with Crippen molar-refractivity contribution in [1.82, 2.24) is 23.9 Å². The Balaban J connectivity index is 1.21. The Hall–Kier alpha value is -4.01. The zero-order chi connectivity index (χ0) is 28.2. The van der Waals surface area contributed by atoms with Gasteiger partial charge in [0, 0.05) is 44.0 Å². The molecule has 9 nitrogen and oxygen atoms in total. The van der Waals surface area contributed by atoms with Crippen LogP contribution in [-0.4, -0.2) is 55.4 Å². The summed E-state index contributed by atoms with van der Waals surface area (Å²) in [6.07, 6.45) is 4.84. The van der Waals surface area contributed by atoms with E-state index in [0.717, 1.165) is 29.7 Å². The first-order valence-electron chi connectivity index (χ1n) is 14.3. The average molecular weight is 546 g/mol. The van der Waals surface area contributed by atoms with Crippen molar-refractivity contribution in [3.05, 3.63) is 82.4 Å². The summed E-state index contributed by atoms with van der Waals surface area (Å²) in [7, 11) is 0. The highest BCUT2D eigenvalue weighted by Crippen LogP contribution is 2.26. The zero-order valence-corrected chi connectivity index (χ0v) is 23.6. The fourth-order valence-corrected chi connectivity index (χ4v) is 5.65. The Labute approximate surface area is 234 Å². The lowest BCUT2D eigenvalue weighted by molar-refractivity contribution is -0.132. The highest BCUT2D eigenvalue weighted by atomic mass is 16.4. The Morgan fingerprint density at radius 1 is 1.07 bits per heavy atom. The van der Waals surface area contributed by atoms with Crippen LogP contribution in [0.4, 0.5) is 0 Å². The summed E-state index contributed by atoms with van der Waals surface area (Å²) in [5.41, 5.74) is 2.66. The lowest BCUT2D eigenvalue weighted by Crippen LogP contribution is -2.40. The van der Waals surface area contributed by atoms with Gasteiger partial charge in [-0.25, -0.2) is 4.79 Å². The number of hydrogen-bond donors (Lipinski definition) is 1. The molecule has 0 aliphatic carbocycles. The molecule has 212 valence electrons. The van der Waals surface area contributed by atoms with Crippen molar-refractivity contribution in [3.8, 4) is 0 Å². The maximum Gasteiger partial charge on any atom is 0.326 e. The molecule has 0 unspecified atom stereocenters. The number of carbonyl (C=O) groups is 2. The van der Waals surface area contributed by atoms with Gasteiger partial charge in [-0.3, -0.25) is 14.2 Å². The number of hydrogen-bond acceptors (Lipinski definition) is 4. The first kappa shape index (κ1) is 27.6. The number of rotatable bonds is 10. The van der Waals surface area contributed by atoms with Gasteiger partial charge in [-0.15, -0.1) is 0 Å². The third kappa shape index (κ3) is 5.93. The van der Waals surface area contributed by atoms with Crippen molar-refractivity contribution < 1.29 is 14.0 Å². The molecule has 1 aliphatic heterocycles. The predicted molar refractivity (Wildman–Crippen MR) is 154 cm³/mol. The fraction of sp³-hybridized carbons (Fsp3) is 0.452. The minimum absolute atomic E-state index is 0.0479. The lowest BCUT2D eigenvalue weighted by atomic mass is 10.0. The van der Waals surface area contributed by atoms with Gasteiger partial charge in [-0.05, 0) is 61.6 Å². The number of furan rings is 1. The molecule has 0 spiro atoms. The molecule has 2 amide bonds. The van der Waals surface area contributed by atoms with Gasteiger partial charge in [0.25, 0.3) is 5.91 Å². The van der Waals surface area contributed by atoms with Crippen LogP contribution in [0.5, 0.6) is 0 Å². The summed E-state index contributed by atoms with van der Waals surface area (Å²) in [6, 6.07) is 15.4. The number of aromatic nitrogens is 3. The summed E-state index contributed by atoms with van der Waals surface area (Å²) in [4.78, 5) is 45.3. The molecule has 0 bridgehead atoms. The summed E-state index contributed by atoms with van der Waals surface area (Å²) in [6.45, 7) is 9.09. The maximum absolute atomic E-state index is 13.2. The van der Waals surface area contributed by atoms with Crippen molar-refractivity contribution in [3.63, 3.8) is 0 Å². The van der Waals surface area contributed by atoms with Gasteiger partial charge in [-0.2, -0.15) is 0 Å². The molecule has 1 N–H and O–H groups in total. The van der Waals surface area contributed by atoms with Gasteiger partial charge in [-0.1, -0.05) is 32.9 Å². The summed E-state index contributed by atoms with van der Waals surface area (Å²) >= 11 is 0. The molecule has 1 saturated heterocycles. The molecule has 1 aromatic carbocycles. The van der Waals surface area contributed by atoms with Gasteiger partial charge < -0.3 is 23.8 Å². The molecule has 0 radical (unpaired) electrons.